The number of hydrogen-bond acceptors (Lipinski definition) is 4. The van der Waals surface area contributed by atoms with E-state index in [0.717, 1.165) is 12.1 Å². The number of benzene rings is 2. The van der Waals surface area contributed by atoms with Crippen LogP contribution in [-0.2, 0) is 6.42 Å². The van der Waals surface area contributed by atoms with Gasteiger partial charge in [0.1, 0.15) is 0 Å². The zero-order valence-electron chi connectivity index (χ0n) is 13.6. The largest absolute Gasteiger partial charge is 0.324 e. The van der Waals surface area contributed by atoms with Crippen molar-refractivity contribution in [1.29, 1.82) is 0 Å². The third kappa shape index (κ3) is 3.23. The van der Waals surface area contributed by atoms with Crippen LogP contribution in [0.25, 0.3) is 0 Å². The average Bonchev–Trinajstić information content (AvgIpc) is 3.09. The van der Waals surface area contributed by atoms with Gasteiger partial charge in [-0.25, -0.2) is 9.97 Å². The zero-order chi connectivity index (χ0) is 18.1. The molecule has 2 heterocycles. The minimum atomic E-state index is -0.101. The topological polar surface area (TPSA) is 58.1 Å². The molecule has 7 heteroatoms. The molecule has 1 aliphatic heterocycles. The highest BCUT2D eigenvalue weighted by molar-refractivity contribution is 6.42. The van der Waals surface area contributed by atoms with Gasteiger partial charge in [0.2, 0.25) is 5.95 Å². The molecule has 26 heavy (non-hydrogen) atoms. The van der Waals surface area contributed by atoms with Gasteiger partial charge in [0.15, 0.2) is 0 Å². The molecule has 1 aliphatic rings. The van der Waals surface area contributed by atoms with Gasteiger partial charge in [-0.05, 0) is 36.2 Å². The van der Waals surface area contributed by atoms with Crippen molar-refractivity contribution in [1.82, 2.24) is 9.97 Å². The predicted octanol–water partition coefficient (Wildman–Crippen LogP) is 4.73. The Morgan fingerprint density at radius 1 is 1.04 bits per heavy atom. The smallest absolute Gasteiger partial charge is 0.261 e. The van der Waals surface area contributed by atoms with E-state index in [-0.39, 0.29) is 5.91 Å². The van der Waals surface area contributed by atoms with Crippen LogP contribution in [-0.4, -0.2) is 22.4 Å². The quantitative estimate of drug-likeness (QED) is 0.708. The number of aromatic nitrogens is 2. The number of para-hydroxylation sites is 1. The molecular weight excluding hydrogens is 371 g/mol. The van der Waals surface area contributed by atoms with Crippen molar-refractivity contribution in [3.63, 3.8) is 0 Å². The summed E-state index contributed by atoms with van der Waals surface area (Å²) in [5.74, 6) is 0.276. The summed E-state index contributed by atoms with van der Waals surface area (Å²) >= 11 is 11.9. The molecule has 2 aromatic carbocycles. The van der Waals surface area contributed by atoms with Gasteiger partial charge in [0, 0.05) is 30.3 Å². The number of rotatable bonds is 3. The number of carbonyl (C=O) groups is 1. The van der Waals surface area contributed by atoms with Gasteiger partial charge in [-0.15, -0.1) is 0 Å². The highest BCUT2D eigenvalue weighted by atomic mass is 35.5. The first-order valence-corrected chi connectivity index (χ1v) is 8.81. The van der Waals surface area contributed by atoms with Crippen molar-refractivity contribution in [3.05, 3.63) is 76.0 Å². The molecule has 0 fully saturated rings. The molecule has 3 aromatic rings. The SMILES string of the molecule is O=C(c1cnc(Nc2ccc(Cl)c(Cl)c2)nc1)N1CCc2ccccc21. The number of anilines is 3. The van der Waals surface area contributed by atoms with Crippen LogP contribution >= 0.6 is 23.2 Å². The minimum absolute atomic E-state index is 0.101. The molecule has 130 valence electrons. The van der Waals surface area contributed by atoms with Gasteiger partial charge < -0.3 is 10.2 Å². The van der Waals surface area contributed by atoms with Crippen LogP contribution in [0.3, 0.4) is 0 Å². The van der Waals surface area contributed by atoms with Crippen LogP contribution in [0.2, 0.25) is 10.0 Å². The van der Waals surface area contributed by atoms with Gasteiger partial charge >= 0.3 is 0 Å². The monoisotopic (exact) mass is 384 g/mol. The van der Waals surface area contributed by atoms with E-state index < -0.39 is 0 Å². The Labute approximate surface area is 160 Å². The van der Waals surface area contributed by atoms with E-state index in [1.54, 1.807) is 23.1 Å². The molecule has 0 aliphatic carbocycles. The third-order valence-electron chi connectivity index (χ3n) is 4.21. The second-order valence-electron chi connectivity index (χ2n) is 5.88. The third-order valence-corrected chi connectivity index (χ3v) is 4.95. The molecule has 1 amide bonds. The fourth-order valence-electron chi connectivity index (χ4n) is 2.91. The van der Waals surface area contributed by atoms with Crippen LogP contribution in [0, 0.1) is 0 Å². The van der Waals surface area contributed by atoms with E-state index in [1.807, 2.05) is 24.3 Å². The molecule has 0 unspecified atom stereocenters. The molecule has 1 aromatic heterocycles. The van der Waals surface area contributed by atoms with Crippen molar-refractivity contribution < 1.29 is 4.79 Å². The molecule has 0 saturated carbocycles. The Balaban J connectivity index is 1.51. The summed E-state index contributed by atoms with van der Waals surface area (Å²) in [6, 6.07) is 13.1. The van der Waals surface area contributed by atoms with Crippen molar-refractivity contribution in [3.8, 4) is 0 Å². The number of amides is 1. The molecule has 5 nitrogen and oxygen atoms in total. The maximum Gasteiger partial charge on any atom is 0.261 e. The number of halogens is 2. The van der Waals surface area contributed by atoms with E-state index in [1.165, 1.54) is 18.0 Å². The summed E-state index contributed by atoms with van der Waals surface area (Å²) in [4.78, 5) is 23.0. The molecule has 0 saturated heterocycles. The standard InChI is InChI=1S/C19H14Cl2N4O/c20-15-6-5-14(9-16(15)21)24-19-22-10-13(11-23-19)18(26)25-8-7-12-3-1-2-4-17(12)25/h1-6,9-11H,7-8H2,(H,22,23,24). The molecule has 0 bridgehead atoms. The van der Waals surface area contributed by atoms with Crippen molar-refractivity contribution >= 4 is 46.4 Å². The van der Waals surface area contributed by atoms with E-state index in [4.69, 9.17) is 23.2 Å². The van der Waals surface area contributed by atoms with E-state index in [2.05, 4.69) is 15.3 Å². The first-order valence-electron chi connectivity index (χ1n) is 8.06. The Hall–Kier alpha value is -2.63. The Bertz CT molecular complexity index is 976. The van der Waals surface area contributed by atoms with Crippen LogP contribution < -0.4 is 10.2 Å². The highest BCUT2D eigenvalue weighted by Crippen LogP contribution is 2.29. The van der Waals surface area contributed by atoms with Crippen LogP contribution in [0.4, 0.5) is 17.3 Å². The highest BCUT2D eigenvalue weighted by Gasteiger charge is 2.25. The molecule has 0 radical (unpaired) electrons. The number of nitrogens with one attached hydrogen (secondary N) is 1. The second kappa shape index (κ2) is 6.94. The van der Waals surface area contributed by atoms with Crippen LogP contribution in [0.5, 0.6) is 0 Å². The first kappa shape index (κ1) is 16.8. The number of carbonyl (C=O) groups excluding carboxylic acids is 1. The first-order chi connectivity index (χ1) is 12.6. The lowest BCUT2D eigenvalue weighted by Crippen LogP contribution is -2.29. The van der Waals surface area contributed by atoms with E-state index >= 15 is 0 Å². The Morgan fingerprint density at radius 2 is 1.81 bits per heavy atom. The average molecular weight is 385 g/mol. The van der Waals surface area contributed by atoms with Gasteiger partial charge in [-0.1, -0.05) is 41.4 Å². The fraction of sp³-hybridized carbons (Fsp3) is 0.105. The van der Waals surface area contributed by atoms with Crippen molar-refractivity contribution in [2.45, 2.75) is 6.42 Å². The maximum atomic E-state index is 12.8. The lowest BCUT2D eigenvalue weighted by atomic mass is 10.2. The van der Waals surface area contributed by atoms with Gasteiger partial charge in [0.25, 0.3) is 5.91 Å². The molecule has 0 atom stereocenters. The summed E-state index contributed by atoms with van der Waals surface area (Å²) in [6.07, 6.45) is 3.91. The Morgan fingerprint density at radius 3 is 2.58 bits per heavy atom. The summed E-state index contributed by atoms with van der Waals surface area (Å²) in [5.41, 5.74) is 3.29. The Kier molecular flexibility index (Phi) is 4.49. The van der Waals surface area contributed by atoms with Gasteiger partial charge in [-0.2, -0.15) is 0 Å². The number of fused-ring (bicyclic) bond motifs is 1. The van der Waals surface area contributed by atoms with Crippen LogP contribution in [0.1, 0.15) is 15.9 Å². The molecule has 1 N–H and O–H groups in total. The summed E-state index contributed by atoms with van der Waals surface area (Å²) in [6.45, 7) is 0.668. The molecule has 0 spiro atoms. The normalized spacial score (nSPS) is 12.8. The number of nitrogens with zero attached hydrogens (tertiary/aromatic N) is 3. The fourth-order valence-corrected chi connectivity index (χ4v) is 3.21. The molecular formula is C19H14Cl2N4O. The van der Waals surface area contributed by atoms with Gasteiger partial charge in [0.05, 0.1) is 15.6 Å². The summed E-state index contributed by atoms with van der Waals surface area (Å²) in [7, 11) is 0. The zero-order valence-corrected chi connectivity index (χ0v) is 15.1. The van der Waals surface area contributed by atoms with E-state index in [9.17, 15) is 4.79 Å². The van der Waals surface area contributed by atoms with Gasteiger partial charge in [-0.3, -0.25) is 4.79 Å². The van der Waals surface area contributed by atoms with E-state index in [0.29, 0.717) is 33.8 Å². The molecule has 4 rings (SSSR count). The number of hydrogen-bond donors (Lipinski definition) is 1. The summed E-state index contributed by atoms with van der Waals surface area (Å²) < 4.78 is 0. The van der Waals surface area contributed by atoms with Crippen molar-refractivity contribution in [2.24, 2.45) is 0 Å². The van der Waals surface area contributed by atoms with Crippen LogP contribution in [0.15, 0.2) is 54.9 Å². The minimum Gasteiger partial charge on any atom is -0.324 e. The second-order valence-corrected chi connectivity index (χ2v) is 6.70. The lowest BCUT2D eigenvalue weighted by molar-refractivity contribution is 0.0988. The maximum absolute atomic E-state index is 12.8. The van der Waals surface area contributed by atoms with Crippen molar-refractivity contribution in [2.75, 3.05) is 16.8 Å². The summed E-state index contributed by atoms with van der Waals surface area (Å²) in [5, 5.41) is 3.95. The predicted molar refractivity (Wildman–Crippen MR) is 104 cm³/mol. The lowest BCUT2D eigenvalue weighted by Gasteiger charge is -2.17.